The molecular formula is C9H16F3N. The second-order valence-corrected chi connectivity index (χ2v) is 3.23. The quantitative estimate of drug-likeness (QED) is 0.651. The summed E-state index contributed by atoms with van der Waals surface area (Å²) in [7, 11) is 3.20. The van der Waals surface area contributed by atoms with Gasteiger partial charge in [-0.25, -0.2) is 4.39 Å². The van der Waals surface area contributed by atoms with E-state index in [1.54, 1.807) is 14.1 Å². The molecule has 0 bridgehead atoms. The Labute approximate surface area is 77.2 Å². The number of unbranched alkanes of at least 4 members (excludes halogenated alkanes) is 1. The topological polar surface area (TPSA) is 3.24 Å². The molecule has 1 atom stereocenters. The van der Waals surface area contributed by atoms with E-state index in [0.717, 1.165) is 12.8 Å². The SMILES string of the molecule is CCCCC(C(F)=C(F)F)N(C)C. The van der Waals surface area contributed by atoms with Crippen molar-refractivity contribution in [3.05, 3.63) is 11.9 Å². The van der Waals surface area contributed by atoms with Crippen LogP contribution in [0.5, 0.6) is 0 Å². The molecule has 0 amide bonds. The molecule has 0 N–H and O–H groups in total. The lowest BCUT2D eigenvalue weighted by Crippen LogP contribution is -2.28. The van der Waals surface area contributed by atoms with Gasteiger partial charge in [-0.1, -0.05) is 19.8 Å². The Bertz CT molecular complexity index is 174. The molecule has 1 unspecified atom stereocenters. The Kier molecular flexibility index (Phi) is 5.79. The van der Waals surface area contributed by atoms with Crippen molar-refractivity contribution in [2.24, 2.45) is 0 Å². The predicted octanol–water partition coefficient (Wildman–Crippen LogP) is 3.18. The van der Waals surface area contributed by atoms with Crippen molar-refractivity contribution in [2.45, 2.75) is 32.2 Å². The van der Waals surface area contributed by atoms with Gasteiger partial charge in [-0.3, -0.25) is 0 Å². The van der Waals surface area contributed by atoms with Crippen molar-refractivity contribution in [2.75, 3.05) is 14.1 Å². The van der Waals surface area contributed by atoms with Gasteiger partial charge in [-0.15, -0.1) is 0 Å². The lowest BCUT2D eigenvalue weighted by molar-refractivity contribution is 0.246. The summed E-state index contributed by atoms with van der Waals surface area (Å²) in [5.41, 5.74) is 0. The van der Waals surface area contributed by atoms with E-state index in [9.17, 15) is 13.2 Å². The average molecular weight is 195 g/mol. The monoisotopic (exact) mass is 195 g/mol. The molecule has 13 heavy (non-hydrogen) atoms. The Morgan fingerprint density at radius 2 is 1.77 bits per heavy atom. The first-order valence-electron chi connectivity index (χ1n) is 4.37. The van der Waals surface area contributed by atoms with Crippen LogP contribution in [0.1, 0.15) is 26.2 Å². The number of nitrogens with zero attached hydrogens (tertiary/aromatic N) is 1. The van der Waals surface area contributed by atoms with Crippen molar-refractivity contribution in [1.82, 2.24) is 4.90 Å². The molecule has 0 heterocycles. The molecule has 0 aliphatic rings. The Hall–Kier alpha value is -0.510. The highest BCUT2D eigenvalue weighted by molar-refractivity contribution is 5.02. The first-order valence-corrected chi connectivity index (χ1v) is 4.37. The average Bonchev–Trinajstić information content (AvgIpc) is 2.04. The number of likely N-dealkylation sites (N-methyl/N-ethyl adjacent to an activating group) is 1. The highest BCUT2D eigenvalue weighted by Gasteiger charge is 2.20. The first-order chi connectivity index (χ1) is 6.00. The summed E-state index contributed by atoms with van der Waals surface area (Å²) >= 11 is 0. The van der Waals surface area contributed by atoms with E-state index < -0.39 is 17.9 Å². The second-order valence-electron chi connectivity index (χ2n) is 3.23. The smallest absolute Gasteiger partial charge is 0.300 e. The predicted molar refractivity (Wildman–Crippen MR) is 47.4 cm³/mol. The molecule has 0 aliphatic heterocycles. The molecule has 0 spiro atoms. The number of hydrogen-bond donors (Lipinski definition) is 0. The third-order valence-electron chi connectivity index (χ3n) is 1.93. The van der Waals surface area contributed by atoms with E-state index in [4.69, 9.17) is 0 Å². The lowest BCUT2D eigenvalue weighted by atomic mass is 10.1. The molecule has 0 rings (SSSR count). The summed E-state index contributed by atoms with van der Waals surface area (Å²) in [6.45, 7) is 1.94. The highest BCUT2D eigenvalue weighted by Crippen LogP contribution is 2.21. The van der Waals surface area contributed by atoms with Gasteiger partial charge in [0.25, 0.3) is 0 Å². The van der Waals surface area contributed by atoms with Crippen LogP contribution in [0.15, 0.2) is 11.9 Å². The summed E-state index contributed by atoms with van der Waals surface area (Å²) in [4.78, 5) is 1.48. The van der Waals surface area contributed by atoms with Gasteiger partial charge in [0.05, 0.1) is 6.04 Å². The van der Waals surface area contributed by atoms with Gasteiger partial charge in [0.2, 0.25) is 0 Å². The van der Waals surface area contributed by atoms with E-state index >= 15 is 0 Å². The van der Waals surface area contributed by atoms with Crippen LogP contribution in [0, 0.1) is 0 Å². The minimum absolute atomic E-state index is 0.437. The minimum atomic E-state index is -2.20. The van der Waals surface area contributed by atoms with Crippen LogP contribution in [0.25, 0.3) is 0 Å². The fourth-order valence-corrected chi connectivity index (χ4v) is 1.14. The van der Waals surface area contributed by atoms with Gasteiger partial charge in [0.1, 0.15) is 0 Å². The van der Waals surface area contributed by atoms with E-state index in [1.165, 1.54) is 4.90 Å². The highest BCUT2D eigenvalue weighted by atomic mass is 19.3. The van der Waals surface area contributed by atoms with E-state index in [-0.39, 0.29) is 0 Å². The zero-order chi connectivity index (χ0) is 10.4. The lowest BCUT2D eigenvalue weighted by Gasteiger charge is -2.21. The van der Waals surface area contributed by atoms with Crippen LogP contribution in [0.4, 0.5) is 13.2 Å². The van der Waals surface area contributed by atoms with Crippen LogP contribution in [0.3, 0.4) is 0 Å². The molecule has 78 valence electrons. The summed E-state index contributed by atoms with van der Waals surface area (Å²) < 4.78 is 36.7. The molecule has 0 aromatic heterocycles. The zero-order valence-corrected chi connectivity index (χ0v) is 8.28. The maximum atomic E-state index is 12.9. The van der Waals surface area contributed by atoms with Crippen LogP contribution < -0.4 is 0 Å². The van der Waals surface area contributed by atoms with Crippen LogP contribution >= 0.6 is 0 Å². The first kappa shape index (κ1) is 12.5. The molecular weight excluding hydrogens is 179 g/mol. The van der Waals surface area contributed by atoms with E-state index in [0.29, 0.717) is 6.42 Å². The van der Waals surface area contributed by atoms with Crippen molar-refractivity contribution in [3.63, 3.8) is 0 Å². The fraction of sp³-hybridized carbons (Fsp3) is 0.778. The summed E-state index contributed by atoms with van der Waals surface area (Å²) in [5.74, 6) is -1.29. The van der Waals surface area contributed by atoms with Gasteiger partial charge in [-0.05, 0) is 20.5 Å². The van der Waals surface area contributed by atoms with Gasteiger partial charge in [-0.2, -0.15) is 8.78 Å². The Morgan fingerprint density at radius 3 is 2.08 bits per heavy atom. The fourth-order valence-electron chi connectivity index (χ4n) is 1.14. The molecule has 0 aliphatic carbocycles. The number of halogens is 3. The molecule has 0 fully saturated rings. The third-order valence-corrected chi connectivity index (χ3v) is 1.93. The largest absolute Gasteiger partial charge is 0.303 e. The van der Waals surface area contributed by atoms with Crippen LogP contribution in [-0.4, -0.2) is 25.0 Å². The minimum Gasteiger partial charge on any atom is -0.300 e. The standard InChI is InChI=1S/C9H16F3N/c1-4-5-6-7(13(2)3)8(10)9(11)12/h7H,4-6H2,1-3H3. The van der Waals surface area contributed by atoms with Crippen LogP contribution in [-0.2, 0) is 0 Å². The van der Waals surface area contributed by atoms with E-state index in [2.05, 4.69) is 0 Å². The van der Waals surface area contributed by atoms with Crippen LogP contribution in [0.2, 0.25) is 0 Å². The Balaban J connectivity index is 4.34. The second kappa shape index (κ2) is 6.02. The molecule has 4 heteroatoms. The van der Waals surface area contributed by atoms with Crippen molar-refractivity contribution in [3.8, 4) is 0 Å². The van der Waals surface area contributed by atoms with Crippen molar-refractivity contribution < 1.29 is 13.2 Å². The van der Waals surface area contributed by atoms with Gasteiger partial charge in [0.15, 0.2) is 5.83 Å². The number of hydrogen-bond acceptors (Lipinski definition) is 1. The molecule has 0 saturated carbocycles. The van der Waals surface area contributed by atoms with Gasteiger partial charge < -0.3 is 4.90 Å². The summed E-state index contributed by atoms with van der Waals surface area (Å²) in [6, 6.07) is -0.773. The maximum absolute atomic E-state index is 12.9. The summed E-state index contributed by atoms with van der Waals surface area (Å²) in [6.07, 6.45) is -0.128. The van der Waals surface area contributed by atoms with Crippen molar-refractivity contribution in [1.29, 1.82) is 0 Å². The van der Waals surface area contributed by atoms with E-state index in [1.807, 2.05) is 6.92 Å². The molecule has 1 nitrogen and oxygen atoms in total. The van der Waals surface area contributed by atoms with Gasteiger partial charge in [0, 0.05) is 0 Å². The zero-order valence-electron chi connectivity index (χ0n) is 8.28. The Morgan fingerprint density at radius 1 is 1.23 bits per heavy atom. The normalized spacial score (nSPS) is 13.2. The molecule has 0 aromatic rings. The molecule has 0 aromatic carbocycles. The maximum Gasteiger partial charge on any atom is 0.303 e. The summed E-state index contributed by atoms with van der Waals surface area (Å²) in [5, 5.41) is 0. The number of rotatable bonds is 5. The third kappa shape index (κ3) is 4.31. The molecule has 0 saturated heterocycles. The van der Waals surface area contributed by atoms with Crippen molar-refractivity contribution >= 4 is 0 Å². The van der Waals surface area contributed by atoms with Gasteiger partial charge >= 0.3 is 6.08 Å². The molecule has 0 radical (unpaired) electrons.